The average Bonchev–Trinajstić information content (AvgIpc) is 3.45. The molecule has 0 bridgehead atoms. The molecule has 0 fully saturated rings. The molecule has 164 valence electrons. The summed E-state index contributed by atoms with van der Waals surface area (Å²) in [6, 6.07) is 11.6. The van der Waals surface area contributed by atoms with Crippen LogP contribution in [0.15, 0.2) is 42.6 Å². The maximum absolute atomic E-state index is 13.0. The maximum Gasteiger partial charge on any atom is 0.317 e. The van der Waals surface area contributed by atoms with Crippen LogP contribution >= 0.6 is 0 Å². The van der Waals surface area contributed by atoms with E-state index in [2.05, 4.69) is 15.6 Å². The third-order valence-corrected chi connectivity index (χ3v) is 6.50. The zero-order valence-electron chi connectivity index (χ0n) is 18.4. The Hall–Kier alpha value is -4.33. The van der Waals surface area contributed by atoms with E-state index in [0.717, 1.165) is 49.0 Å². The summed E-state index contributed by atoms with van der Waals surface area (Å²) in [4.78, 5) is 43.0. The standard InChI is InChI=1S/C25H21N5O3/c1-29(2)25(33)26-11-13-5-4-6-14-16-18-19(24(32)28-23(18)31)17-15(21(16)27-20(13)14)8-7-12-9-10-30(3)22(12)17/h4-10,27H,11H2,1-3H3,(H,26,33)(H,28,31,32). The number of hydrogen-bond donors (Lipinski definition) is 3. The Labute approximate surface area is 188 Å². The number of hydrogen-bond acceptors (Lipinski definition) is 3. The first kappa shape index (κ1) is 19.4. The van der Waals surface area contributed by atoms with Crippen LogP contribution < -0.4 is 10.6 Å². The molecule has 0 spiro atoms. The average molecular weight is 439 g/mol. The van der Waals surface area contributed by atoms with Crippen molar-refractivity contribution in [2.45, 2.75) is 6.54 Å². The largest absolute Gasteiger partial charge is 0.354 e. The van der Waals surface area contributed by atoms with Gasteiger partial charge in [0.25, 0.3) is 11.8 Å². The van der Waals surface area contributed by atoms with E-state index in [1.807, 2.05) is 54.2 Å². The van der Waals surface area contributed by atoms with Gasteiger partial charge in [0, 0.05) is 60.8 Å². The van der Waals surface area contributed by atoms with Crippen molar-refractivity contribution in [3.05, 3.63) is 59.3 Å². The Morgan fingerprint density at radius 3 is 2.45 bits per heavy atom. The van der Waals surface area contributed by atoms with Gasteiger partial charge in [-0.3, -0.25) is 14.9 Å². The van der Waals surface area contributed by atoms with Crippen LogP contribution in [0, 0.1) is 0 Å². The van der Waals surface area contributed by atoms with Crippen molar-refractivity contribution in [3.63, 3.8) is 0 Å². The van der Waals surface area contributed by atoms with E-state index in [1.54, 1.807) is 14.1 Å². The molecule has 2 aromatic heterocycles. The van der Waals surface area contributed by atoms with Gasteiger partial charge in [-0.1, -0.05) is 30.3 Å². The van der Waals surface area contributed by atoms with E-state index in [4.69, 9.17) is 0 Å². The summed E-state index contributed by atoms with van der Waals surface area (Å²) in [6.45, 7) is 0.328. The van der Waals surface area contributed by atoms with Crippen LogP contribution in [0.5, 0.6) is 0 Å². The first-order chi connectivity index (χ1) is 15.9. The molecule has 1 aliphatic rings. The first-order valence-electron chi connectivity index (χ1n) is 10.6. The number of imide groups is 1. The van der Waals surface area contributed by atoms with E-state index in [1.165, 1.54) is 4.90 Å². The number of nitrogens with one attached hydrogen (secondary N) is 3. The topological polar surface area (TPSA) is 99.2 Å². The predicted octanol–water partition coefficient (Wildman–Crippen LogP) is 3.62. The number of nitrogens with zero attached hydrogens (tertiary/aromatic N) is 2. The minimum Gasteiger partial charge on any atom is -0.354 e. The number of para-hydroxylation sites is 1. The Balaban J connectivity index is 1.74. The lowest BCUT2D eigenvalue weighted by atomic mass is 9.93. The Bertz CT molecular complexity index is 1690. The van der Waals surface area contributed by atoms with Gasteiger partial charge in [-0.05, 0) is 11.6 Å². The SMILES string of the molecule is CN(C)C(=O)NCc1cccc2c1[nH]c1c3ccc4ccn(C)c4c3c3c(c21)C(=O)NC3=O. The number of H-pyrrole nitrogens is 1. The molecule has 3 aromatic carbocycles. The van der Waals surface area contributed by atoms with E-state index in [0.29, 0.717) is 17.7 Å². The molecular weight excluding hydrogens is 418 g/mol. The molecule has 0 unspecified atom stereocenters. The second-order valence-corrected chi connectivity index (χ2v) is 8.65. The molecular formula is C25H21N5O3. The fraction of sp³-hybridized carbons (Fsp3) is 0.160. The van der Waals surface area contributed by atoms with Gasteiger partial charge >= 0.3 is 6.03 Å². The number of aromatic amines is 1. The molecule has 33 heavy (non-hydrogen) atoms. The molecule has 3 heterocycles. The van der Waals surface area contributed by atoms with Gasteiger partial charge in [0.2, 0.25) is 0 Å². The number of benzene rings is 3. The summed E-state index contributed by atoms with van der Waals surface area (Å²) >= 11 is 0. The zero-order chi connectivity index (χ0) is 23.0. The Morgan fingerprint density at radius 2 is 1.70 bits per heavy atom. The fourth-order valence-electron chi connectivity index (χ4n) is 5.00. The number of aryl methyl sites for hydroxylation is 1. The highest BCUT2D eigenvalue weighted by molar-refractivity contribution is 6.39. The maximum atomic E-state index is 13.0. The molecule has 0 atom stereocenters. The van der Waals surface area contributed by atoms with Crippen molar-refractivity contribution in [3.8, 4) is 0 Å². The number of fused-ring (bicyclic) bond motifs is 10. The number of amides is 4. The van der Waals surface area contributed by atoms with E-state index in [-0.39, 0.29) is 17.8 Å². The lowest BCUT2D eigenvalue weighted by molar-refractivity contribution is 0.0880. The first-order valence-corrected chi connectivity index (χ1v) is 10.6. The highest BCUT2D eigenvalue weighted by Gasteiger charge is 2.34. The Morgan fingerprint density at radius 1 is 0.970 bits per heavy atom. The molecule has 3 N–H and O–H groups in total. The molecule has 5 aromatic rings. The summed E-state index contributed by atoms with van der Waals surface area (Å²) in [7, 11) is 5.31. The highest BCUT2D eigenvalue weighted by atomic mass is 16.2. The van der Waals surface area contributed by atoms with E-state index < -0.39 is 0 Å². The van der Waals surface area contributed by atoms with Gasteiger partial charge in [-0.25, -0.2) is 4.79 Å². The minimum absolute atomic E-state index is 0.189. The lowest BCUT2D eigenvalue weighted by Crippen LogP contribution is -2.33. The van der Waals surface area contributed by atoms with Crippen molar-refractivity contribution >= 4 is 61.3 Å². The highest BCUT2D eigenvalue weighted by Crippen LogP contribution is 2.42. The summed E-state index contributed by atoms with van der Waals surface area (Å²) in [5.41, 5.74) is 4.26. The monoisotopic (exact) mass is 439 g/mol. The minimum atomic E-state index is -0.389. The number of rotatable bonds is 2. The summed E-state index contributed by atoms with van der Waals surface area (Å²) in [5, 5.41) is 9.61. The summed E-state index contributed by atoms with van der Waals surface area (Å²) in [6.07, 6.45) is 1.95. The molecule has 8 heteroatoms. The van der Waals surface area contributed by atoms with Gasteiger partial charge in [0.05, 0.1) is 27.7 Å². The second-order valence-electron chi connectivity index (χ2n) is 8.65. The van der Waals surface area contributed by atoms with Crippen molar-refractivity contribution in [2.75, 3.05) is 14.1 Å². The predicted molar refractivity (Wildman–Crippen MR) is 128 cm³/mol. The van der Waals surface area contributed by atoms with E-state index >= 15 is 0 Å². The molecule has 8 nitrogen and oxygen atoms in total. The fourth-order valence-corrected chi connectivity index (χ4v) is 5.00. The molecule has 0 radical (unpaired) electrons. The summed E-state index contributed by atoms with van der Waals surface area (Å²) < 4.78 is 1.98. The Kier molecular flexibility index (Phi) is 3.86. The van der Waals surface area contributed by atoms with E-state index in [9.17, 15) is 14.4 Å². The number of aromatic nitrogens is 2. The van der Waals surface area contributed by atoms with Crippen LogP contribution in [-0.4, -0.2) is 46.4 Å². The van der Waals surface area contributed by atoms with Gasteiger partial charge in [0.1, 0.15) is 0 Å². The van der Waals surface area contributed by atoms with Crippen LogP contribution in [0.2, 0.25) is 0 Å². The number of urea groups is 1. The molecule has 0 saturated carbocycles. The van der Waals surface area contributed by atoms with Gasteiger partial charge in [-0.15, -0.1) is 0 Å². The van der Waals surface area contributed by atoms with Gasteiger partial charge in [0.15, 0.2) is 0 Å². The molecule has 0 saturated heterocycles. The molecule has 1 aliphatic heterocycles. The molecule has 4 amide bonds. The van der Waals surface area contributed by atoms with Crippen molar-refractivity contribution in [1.29, 1.82) is 0 Å². The number of carbonyl (C=O) groups is 3. The van der Waals surface area contributed by atoms with Gasteiger partial charge < -0.3 is 19.8 Å². The van der Waals surface area contributed by atoms with Crippen LogP contribution in [0.25, 0.3) is 43.5 Å². The molecule has 6 rings (SSSR count). The van der Waals surface area contributed by atoms with Crippen molar-refractivity contribution in [1.82, 2.24) is 25.1 Å². The van der Waals surface area contributed by atoms with Crippen LogP contribution in [0.4, 0.5) is 4.79 Å². The van der Waals surface area contributed by atoms with Gasteiger partial charge in [-0.2, -0.15) is 0 Å². The van der Waals surface area contributed by atoms with Crippen molar-refractivity contribution < 1.29 is 14.4 Å². The van der Waals surface area contributed by atoms with Crippen molar-refractivity contribution in [2.24, 2.45) is 7.05 Å². The third-order valence-electron chi connectivity index (χ3n) is 6.50. The quantitative estimate of drug-likeness (QED) is 0.366. The smallest absolute Gasteiger partial charge is 0.317 e. The normalized spacial score (nSPS) is 13.3. The summed E-state index contributed by atoms with van der Waals surface area (Å²) in [5.74, 6) is -0.764. The van der Waals surface area contributed by atoms with Crippen LogP contribution in [-0.2, 0) is 13.6 Å². The van der Waals surface area contributed by atoms with Crippen LogP contribution in [0.1, 0.15) is 26.3 Å². The van der Waals surface area contributed by atoms with Crippen LogP contribution in [0.3, 0.4) is 0 Å². The number of carbonyl (C=O) groups excluding carboxylic acids is 3. The second kappa shape index (κ2) is 6.59. The zero-order valence-corrected chi connectivity index (χ0v) is 18.4. The lowest BCUT2D eigenvalue weighted by Gasteiger charge is -2.12. The molecule has 0 aliphatic carbocycles. The third kappa shape index (κ3) is 2.54.